The number of para-hydroxylation sites is 3. The van der Waals surface area contributed by atoms with E-state index in [4.69, 9.17) is 32.9 Å². The van der Waals surface area contributed by atoms with Crippen molar-refractivity contribution < 1.29 is 4.74 Å². The third kappa shape index (κ3) is 4.75. The standard InChI is InChI=1S/C24H22Cl2N2O/c25-19-10-2-1-9-18(19)17-24-27-21-12-4-5-13-22(21)28(24)15-7-8-16-29-23-14-6-3-11-20(23)26/h1-6,9-14H,7-8,15-17H2. The van der Waals surface area contributed by atoms with Gasteiger partial charge in [-0.2, -0.15) is 0 Å². The summed E-state index contributed by atoms with van der Waals surface area (Å²) in [5, 5.41) is 1.43. The molecule has 0 aliphatic heterocycles. The quantitative estimate of drug-likeness (QED) is 0.291. The van der Waals surface area contributed by atoms with Gasteiger partial charge < -0.3 is 9.30 Å². The fourth-order valence-corrected chi connectivity index (χ4v) is 3.83. The van der Waals surface area contributed by atoms with E-state index in [1.54, 1.807) is 0 Å². The number of halogens is 2. The predicted molar refractivity (Wildman–Crippen MR) is 120 cm³/mol. The Bertz CT molecular complexity index is 1110. The minimum absolute atomic E-state index is 0.635. The van der Waals surface area contributed by atoms with Crippen LogP contribution >= 0.6 is 23.2 Å². The van der Waals surface area contributed by atoms with Crippen LogP contribution in [0.3, 0.4) is 0 Å². The number of ether oxygens (including phenoxy) is 1. The maximum absolute atomic E-state index is 6.38. The van der Waals surface area contributed by atoms with Crippen molar-refractivity contribution in [1.29, 1.82) is 0 Å². The molecule has 0 saturated heterocycles. The number of benzene rings is 3. The van der Waals surface area contributed by atoms with Gasteiger partial charge in [-0.05, 0) is 48.7 Å². The lowest BCUT2D eigenvalue weighted by atomic mass is 10.1. The van der Waals surface area contributed by atoms with Gasteiger partial charge in [-0.25, -0.2) is 4.98 Å². The fraction of sp³-hybridized carbons (Fsp3) is 0.208. The maximum Gasteiger partial charge on any atom is 0.137 e. The molecule has 1 aromatic heterocycles. The van der Waals surface area contributed by atoms with Crippen LogP contribution in [-0.4, -0.2) is 16.2 Å². The van der Waals surface area contributed by atoms with Crippen LogP contribution in [0.4, 0.5) is 0 Å². The van der Waals surface area contributed by atoms with Crippen LogP contribution in [0.5, 0.6) is 5.75 Å². The molecule has 1 heterocycles. The monoisotopic (exact) mass is 424 g/mol. The number of rotatable bonds is 8. The zero-order chi connectivity index (χ0) is 20.1. The van der Waals surface area contributed by atoms with Crippen molar-refractivity contribution in [2.24, 2.45) is 0 Å². The Morgan fingerprint density at radius 3 is 2.34 bits per heavy atom. The number of aryl methyl sites for hydroxylation is 1. The number of unbranched alkanes of at least 4 members (excludes halogenated alkanes) is 1. The number of hydrogen-bond acceptors (Lipinski definition) is 2. The van der Waals surface area contributed by atoms with Crippen molar-refractivity contribution in [2.75, 3.05) is 6.61 Å². The van der Waals surface area contributed by atoms with E-state index in [1.165, 1.54) is 0 Å². The van der Waals surface area contributed by atoms with Gasteiger partial charge in [0.2, 0.25) is 0 Å². The van der Waals surface area contributed by atoms with Gasteiger partial charge in [0, 0.05) is 18.0 Å². The molecule has 0 aliphatic rings. The average molecular weight is 425 g/mol. The first-order valence-electron chi connectivity index (χ1n) is 9.77. The summed E-state index contributed by atoms with van der Waals surface area (Å²) < 4.78 is 8.11. The Kier molecular flexibility index (Phi) is 6.38. The van der Waals surface area contributed by atoms with Crippen LogP contribution in [0, 0.1) is 0 Å². The topological polar surface area (TPSA) is 27.1 Å². The Labute approximate surface area is 180 Å². The van der Waals surface area contributed by atoms with Crippen LogP contribution in [0.25, 0.3) is 11.0 Å². The van der Waals surface area contributed by atoms with Crippen LogP contribution in [0.1, 0.15) is 24.2 Å². The van der Waals surface area contributed by atoms with E-state index in [-0.39, 0.29) is 0 Å². The van der Waals surface area contributed by atoms with E-state index in [0.29, 0.717) is 18.1 Å². The van der Waals surface area contributed by atoms with E-state index in [9.17, 15) is 0 Å². The Balaban J connectivity index is 1.45. The van der Waals surface area contributed by atoms with Gasteiger partial charge in [-0.1, -0.05) is 65.7 Å². The zero-order valence-corrected chi connectivity index (χ0v) is 17.5. The Morgan fingerprint density at radius 1 is 0.793 bits per heavy atom. The molecule has 29 heavy (non-hydrogen) atoms. The van der Waals surface area contributed by atoms with Crippen LogP contribution in [0.15, 0.2) is 72.8 Å². The first kappa shape index (κ1) is 19.8. The molecule has 4 rings (SSSR count). The van der Waals surface area contributed by atoms with Gasteiger partial charge in [0.15, 0.2) is 0 Å². The van der Waals surface area contributed by atoms with Gasteiger partial charge in [0.1, 0.15) is 11.6 Å². The summed E-state index contributed by atoms with van der Waals surface area (Å²) in [6.45, 7) is 1.52. The lowest BCUT2D eigenvalue weighted by molar-refractivity contribution is 0.303. The van der Waals surface area contributed by atoms with Crippen molar-refractivity contribution in [3.8, 4) is 5.75 Å². The molecule has 0 spiro atoms. The highest BCUT2D eigenvalue weighted by atomic mass is 35.5. The lowest BCUT2D eigenvalue weighted by Crippen LogP contribution is -2.07. The molecular formula is C24H22Cl2N2O. The van der Waals surface area contributed by atoms with Gasteiger partial charge in [-0.3, -0.25) is 0 Å². The van der Waals surface area contributed by atoms with E-state index < -0.39 is 0 Å². The number of nitrogens with zero attached hydrogens (tertiary/aromatic N) is 2. The highest BCUT2D eigenvalue weighted by Gasteiger charge is 2.12. The minimum atomic E-state index is 0.635. The molecule has 0 atom stereocenters. The molecule has 0 radical (unpaired) electrons. The summed E-state index contributed by atoms with van der Waals surface area (Å²) in [4.78, 5) is 4.86. The lowest BCUT2D eigenvalue weighted by Gasteiger charge is -2.11. The predicted octanol–water partition coefficient (Wildman–Crippen LogP) is 6.79. The van der Waals surface area contributed by atoms with Crippen molar-refractivity contribution >= 4 is 34.2 Å². The number of hydrogen-bond donors (Lipinski definition) is 0. The van der Waals surface area contributed by atoms with Gasteiger partial charge in [-0.15, -0.1) is 0 Å². The molecule has 4 aromatic rings. The molecule has 0 unspecified atom stereocenters. The summed E-state index contributed by atoms with van der Waals surface area (Å²) in [5.41, 5.74) is 3.26. The smallest absolute Gasteiger partial charge is 0.137 e. The van der Waals surface area contributed by atoms with Crippen LogP contribution < -0.4 is 4.74 Å². The molecular weight excluding hydrogens is 403 g/mol. The Morgan fingerprint density at radius 2 is 1.52 bits per heavy atom. The molecule has 0 amide bonds. The average Bonchev–Trinajstić information content (AvgIpc) is 3.08. The molecule has 5 heteroatoms. The second kappa shape index (κ2) is 9.34. The molecule has 0 aliphatic carbocycles. The van der Waals surface area contributed by atoms with Gasteiger partial charge in [0.05, 0.1) is 22.7 Å². The summed E-state index contributed by atoms with van der Waals surface area (Å²) in [6, 6.07) is 23.8. The van der Waals surface area contributed by atoms with E-state index in [0.717, 1.165) is 52.6 Å². The second-order valence-corrected chi connectivity index (χ2v) is 7.74. The van der Waals surface area contributed by atoms with E-state index in [2.05, 4.69) is 28.8 Å². The fourth-order valence-electron chi connectivity index (χ4n) is 3.44. The Hall–Kier alpha value is -2.49. The second-order valence-electron chi connectivity index (χ2n) is 6.92. The SMILES string of the molecule is Clc1ccccc1Cc1nc2ccccc2n1CCCCOc1ccccc1Cl. The summed E-state index contributed by atoms with van der Waals surface area (Å²) in [5.74, 6) is 1.77. The molecule has 0 N–H and O–H groups in total. The first-order valence-corrected chi connectivity index (χ1v) is 10.5. The number of imidazole rings is 1. The summed E-state index contributed by atoms with van der Waals surface area (Å²) in [6.07, 6.45) is 2.63. The van der Waals surface area contributed by atoms with Crippen molar-refractivity contribution in [1.82, 2.24) is 9.55 Å². The molecule has 3 nitrogen and oxygen atoms in total. The van der Waals surface area contributed by atoms with E-state index in [1.807, 2.05) is 48.5 Å². The molecule has 0 fully saturated rings. The first-order chi connectivity index (χ1) is 14.2. The van der Waals surface area contributed by atoms with Crippen LogP contribution in [0.2, 0.25) is 10.0 Å². The van der Waals surface area contributed by atoms with Gasteiger partial charge >= 0.3 is 0 Å². The highest BCUT2D eigenvalue weighted by Crippen LogP contribution is 2.24. The third-order valence-electron chi connectivity index (χ3n) is 4.91. The zero-order valence-electron chi connectivity index (χ0n) is 16.0. The normalized spacial score (nSPS) is 11.1. The highest BCUT2D eigenvalue weighted by molar-refractivity contribution is 6.32. The van der Waals surface area contributed by atoms with Crippen LogP contribution in [-0.2, 0) is 13.0 Å². The third-order valence-corrected chi connectivity index (χ3v) is 5.59. The minimum Gasteiger partial charge on any atom is -0.492 e. The maximum atomic E-state index is 6.38. The summed E-state index contributed by atoms with van der Waals surface area (Å²) in [7, 11) is 0. The van der Waals surface area contributed by atoms with Gasteiger partial charge in [0.25, 0.3) is 0 Å². The molecule has 0 saturated carbocycles. The van der Waals surface area contributed by atoms with Crippen molar-refractivity contribution in [3.63, 3.8) is 0 Å². The van der Waals surface area contributed by atoms with E-state index >= 15 is 0 Å². The largest absolute Gasteiger partial charge is 0.492 e. The molecule has 148 valence electrons. The molecule has 3 aromatic carbocycles. The number of aromatic nitrogens is 2. The van der Waals surface area contributed by atoms with Crippen molar-refractivity contribution in [2.45, 2.75) is 25.8 Å². The van der Waals surface area contributed by atoms with Crippen molar-refractivity contribution in [3.05, 3.63) is 94.2 Å². The summed E-state index contributed by atoms with van der Waals surface area (Å²) >= 11 is 12.5. The number of fused-ring (bicyclic) bond motifs is 1. The molecule has 0 bridgehead atoms.